The number of fused-ring (bicyclic) bond motifs is 4. The summed E-state index contributed by atoms with van der Waals surface area (Å²) in [6.45, 7) is 25.8. The van der Waals surface area contributed by atoms with Crippen LogP contribution in [0.25, 0.3) is 0 Å². The van der Waals surface area contributed by atoms with Crippen molar-refractivity contribution in [2.24, 2.45) is 0 Å². The topological polar surface area (TPSA) is 55.8 Å². The van der Waals surface area contributed by atoms with Crippen LogP contribution in [0.2, 0.25) is 0 Å². The Morgan fingerprint density at radius 1 is 0.588 bits per heavy atom. The zero-order valence-electron chi connectivity index (χ0n) is 23.1. The number of benzene rings is 2. The Labute approximate surface area is 206 Å². The van der Waals surface area contributed by atoms with Gasteiger partial charge in [-0.05, 0) is 62.5 Å². The van der Waals surface area contributed by atoms with Crippen molar-refractivity contribution in [1.82, 2.24) is 0 Å². The van der Waals surface area contributed by atoms with E-state index in [1.54, 1.807) is 0 Å². The average Bonchev–Trinajstić information content (AvgIpc) is 2.56. The molecule has 4 nitrogen and oxygen atoms in total. The Kier molecular flexibility index (Phi) is 6.42. The minimum atomic E-state index is -4.43. The second-order valence-corrected chi connectivity index (χ2v) is 15.1. The summed E-state index contributed by atoms with van der Waals surface area (Å²) in [7, 11) is -4.43. The fourth-order valence-electron chi connectivity index (χ4n) is 4.73. The smallest absolute Gasteiger partial charge is 0.395 e. The SMILES string of the molecule is CC(C)(C)c1cc(C(C)(C)C)c2cc1Cc1cc(c(C(C)(C)C)cc1C(C)(C)C)OP(=O)(O)O2. The maximum Gasteiger partial charge on any atom is 0.584 e. The molecule has 4 bridgehead atoms. The first-order valence-corrected chi connectivity index (χ1v) is 13.7. The highest BCUT2D eigenvalue weighted by molar-refractivity contribution is 7.48. The van der Waals surface area contributed by atoms with Crippen molar-refractivity contribution >= 4 is 7.82 Å². The quantitative estimate of drug-likeness (QED) is 0.380. The van der Waals surface area contributed by atoms with Gasteiger partial charge >= 0.3 is 7.82 Å². The molecule has 0 amide bonds. The average molecular weight is 487 g/mol. The molecule has 188 valence electrons. The molecule has 34 heavy (non-hydrogen) atoms. The molecule has 0 radical (unpaired) electrons. The minimum absolute atomic E-state index is 0.104. The fourth-order valence-corrected chi connectivity index (χ4v) is 5.56. The summed E-state index contributed by atoms with van der Waals surface area (Å²) in [5.41, 5.74) is 5.70. The molecular weight excluding hydrogens is 443 g/mol. The van der Waals surface area contributed by atoms with Gasteiger partial charge in [-0.3, -0.25) is 4.89 Å². The molecule has 0 aromatic heterocycles. The third-order valence-electron chi connectivity index (χ3n) is 6.45. The lowest BCUT2D eigenvalue weighted by Gasteiger charge is -2.33. The highest BCUT2D eigenvalue weighted by Gasteiger charge is 2.36. The summed E-state index contributed by atoms with van der Waals surface area (Å²) >= 11 is 0. The van der Waals surface area contributed by atoms with E-state index >= 15 is 0 Å². The lowest BCUT2D eigenvalue weighted by atomic mass is 9.74. The molecule has 1 N–H and O–H groups in total. The summed E-state index contributed by atoms with van der Waals surface area (Å²) < 4.78 is 24.9. The van der Waals surface area contributed by atoms with E-state index in [2.05, 4.69) is 95.2 Å². The molecule has 1 heterocycles. The Bertz CT molecular complexity index is 1060. The first kappa shape index (κ1) is 26.8. The van der Waals surface area contributed by atoms with Crippen LogP contribution >= 0.6 is 7.82 Å². The van der Waals surface area contributed by atoms with Crippen LogP contribution in [0.4, 0.5) is 0 Å². The van der Waals surface area contributed by atoms with Gasteiger partial charge < -0.3 is 9.05 Å². The van der Waals surface area contributed by atoms with Gasteiger partial charge in [0.05, 0.1) is 0 Å². The molecule has 0 atom stereocenters. The lowest BCUT2D eigenvalue weighted by Crippen LogP contribution is -2.23. The highest BCUT2D eigenvalue weighted by atomic mass is 31.2. The number of phosphoric acid groups is 1. The van der Waals surface area contributed by atoms with E-state index in [1.165, 1.54) is 11.1 Å². The van der Waals surface area contributed by atoms with E-state index in [4.69, 9.17) is 9.05 Å². The molecule has 1 aliphatic rings. The molecular formula is C29H43O4P. The van der Waals surface area contributed by atoms with Crippen LogP contribution in [0.3, 0.4) is 0 Å². The standard InChI is InChI=1S/C29H43O4P/c1-26(2,3)20-16-22(28(7,8)9)24-14-18(20)13-19-15-25(33-34(30,31)32-24)23(29(10,11)12)17-21(19)27(4,5)6/h14-17H,13H2,1-12H3,(H,30,31). The predicted molar refractivity (Wildman–Crippen MR) is 142 cm³/mol. The van der Waals surface area contributed by atoms with Crippen LogP contribution in [0.5, 0.6) is 11.5 Å². The molecule has 5 heteroatoms. The normalized spacial score (nSPS) is 16.5. The zero-order valence-corrected chi connectivity index (χ0v) is 24.0. The fraction of sp³-hybridized carbons (Fsp3) is 0.586. The molecule has 0 unspecified atom stereocenters. The molecule has 3 rings (SSSR count). The Morgan fingerprint density at radius 2 is 0.882 bits per heavy atom. The molecule has 0 saturated heterocycles. The van der Waals surface area contributed by atoms with E-state index in [-0.39, 0.29) is 21.7 Å². The van der Waals surface area contributed by atoms with Gasteiger partial charge in [-0.1, -0.05) is 95.2 Å². The monoisotopic (exact) mass is 486 g/mol. The third-order valence-corrected chi connectivity index (χ3v) is 7.31. The first-order chi connectivity index (χ1) is 15.1. The second kappa shape index (κ2) is 8.14. The van der Waals surface area contributed by atoms with Crippen molar-refractivity contribution in [2.45, 2.75) is 111 Å². The van der Waals surface area contributed by atoms with Crippen LogP contribution in [0, 0.1) is 0 Å². The molecule has 0 aliphatic carbocycles. The predicted octanol–water partition coefficient (Wildman–Crippen LogP) is 8.34. The van der Waals surface area contributed by atoms with Crippen molar-refractivity contribution in [3.63, 3.8) is 0 Å². The molecule has 2 aromatic rings. The molecule has 2 aromatic carbocycles. The van der Waals surface area contributed by atoms with E-state index in [0.717, 1.165) is 22.3 Å². The molecule has 0 saturated carbocycles. The first-order valence-electron chi connectivity index (χ1n) is 12.2. The maximum absolute atomic E-state index is 13.3. The van der Waals surface area contributed by atoms with E-state index in [1.807, 2.05) is 12.1 Å². The molecule has 0 spiro atoms. The molecule has 0 fully saturated rings. The summed E-state index contributed by atoms with van der Waals surface area (Å²) in [6.07, 6.45) is 0.691. The van der Waals surface area contributed by atoms with E-state index in [0.29, 0.717) is 17.9 Å². The maximum atomic E-state index is 13.3. The van der Waals surface area contributed by atoms with E-state index < -0.39 is 7.82 Å². The van der Waals surface area contributed by atoms with Gasteiger partial charge in [-0.15, -0.1) is 0 Å². The highest BCUT2D eigenvalue weighted by Crippen LogP contribution is 2.52. The van der Waals surface area contributed by atoms with Crippen molar-refractivity contribution < 1.29 is 18.5 Å². The van der Waals surface area contributed by atoms with Crippen molar-refractivity contribution in [3.8, 4) is 11.5 Å². The number of hydrogen-bond acceptors (Lipinski definition) is 3. The van der Waals surface area contributed by atoms with Crippen molar-refractivity contribution in [1.29, 1.82) is 0 Å². The van der Waals surface area contributed by atoms with Crippen molar-refractivity contribution in [3.05, 3.63) is 57.6 Å². The van der Waals surface area contributed by atoms with Gasteiger partial charge in [0.25, 0.3) is 0 Å². The van der Waals surface area contributed by atoms with E-state index in [9.17, 15) is 9.46 Å². The number of phosphoric ester groups is 1. The minimum Gasteiger partial charge on any atom is -0.395 e. The van der Waals surface area contributed by atoms with Gasteiger partial charge in [-0.2, -0.15) is 0 Å². The van der Waals surface area contributed by atoms with Gasteiger partial charge in [0.1, 0.15) is 11.5 Å². The summed E-state index contributed by atoms with van der Waals surface area (Å²) in [6, 6.07) is 8.24. The van der Waals surface area contributed by atoms with Crippen molar-refractivity contribution in [2.75, 3.05) is 0 Å². The van der Waals surface area contributed by atoms with Crippen LogP contribution in [-0.4, -0.2) is 4.89 Å². The number of hydrogen-bond donors (Lipinski definition) is 1. The van der Waals surface area contributed by atoms with Crippen LogP contribution in [0.1, 0.15) is 116 Å². The number of rotatable bonds is 0. The van der Waals surface area contributed by atoms with Gasteiger partial charge in [0.15, 0.2) is 0 Å². The molecule has 1 aliphatic heterocycles. The lowest BCUT2D eigenvalue weighted by molar-refractivity contribution is 0.285. The third kappa shape index (κ3) is 5.55. The van der Waals surface area contributed by atoms with Gasteiger partial charge in [0.2, 0.25) is 0 Å². The largest absolute Gasteiger partial charge is 0.584 e. The second-order valence-electron chi connectivity index (χ2n) is 13.8. The Hall–Kier alpha value is -1.77. The summed E-state index contributed by atoms with van der Waals surface area (Å²) in [5.74, 6) is 0.835. The van der Waals surface area contributed by atoms with Gasteiger partial charge in [-0.25, -0.2) is 4.57 Å². The Morgan fingerprint density at radius 3 is 1.15 bits per heavy atom. The van der Waals surface area contributed by atoms with Crippen LogP contribution in [0.15, 0.2) is 24.3 Å². The zero-order chi connectivity index (χ0) is 26.1. The summed E-state index contributed by atoms with van der Waals surface area (Å²) in [4.78, 5) is 10.9. The summed E-state index contributed by atoms with van der Waals surface area (Å²) in [5, 5.41) is 0. The van der Waals surface area contributed by atoms with Crippen LogP contribution in [-0.2, 0) is 32.6 Å². The van der Waals surface area contributed by atoms with Crippen LogP contribution < -0.4 is 9.05 Å². The van der Waals surface area contributed by atoms with Gasteiger partial charge in [0, 0.05) is 11.1 Å². The Balaban J connectivity index is 2.44.